The molecule has 4 N–H and O–H groups in total. The number of aliphatic hydroxyl groups is 3. The van der Waals surface area contributed by atoms with Crippen LogP contribution < -0.4 is 5.32 Å². The predicted octanol–water partition coefficient (Wildman–Crippen LogP) is -2.27. The summed E-state index contributed by atoms with van der Waals surface area (Å²) in [5.74, 6) is 0. The van der Waals surface area contributed by atoms with Gasteiger partial charge in [0, 0.05) is 6.54 Å². The van der Waals surface area contributed by atoms with Crippen LogP contribution in [0.15, 0.2) is 0 Å². The molecular formula is C7H14N2O4. The molecule has 0 aromatic carbocycles. The van der Waals surface area contributed by atoms with Crippen LogP contribution in [0.1, 0.15) is 0 Å². The number of carbonyl (C=O) groups excluding carboxylic acids is 1. The van der Waals surface area contributed by atoms with Gasteiger partial charge >= 0.3 is 6.03 Å². The molecule has 2 amide bonds. The van der Waals surface area contributed by atoms with E-state index in [9.17, 15) is 4.79 Å². The Morgan fingerprint density at radius 2 is 1.92 bits per heavy atom. The third-order valence-corrected chi connectivity index (χ3v) is 1.93. The van der Waals surface area contributed by atoms with Crippen molar-refractivity contribution in [3.8, 4) is 0 Å². The van der Waals surface area contributed by atoms with Crippen molar-refractivity contribution in [3.05, 3.63) is 0 Å². The molecule has 2 unspecified atom stereocenters. The maximum absolute atomic E-state index is 11.2. The molecule has 76 valence electrons. The highest BCUT2D eigenvalue weighted by Gasteiger charge is 2.32. The number of β-amino-alcohol motifs (C(OH)–C–C–N with tert-alkyl or cyclic N) is 2. The summed E-state index contributed by atoms with van der Waals surface area (Å²) in [6.45, 7) is 0.336. The van der Waals surface area contributed by atoms with E-state index in [0.717, 1.165) is 0 Å². The maximum Gasteiger partial charge on any atom is 0.317 e. The lowest BCUT2D eigenvalue weighted by molar-refractivity contribution is 0.0572. The van der Waals surface area contributed by atoms with Crippen molar-refractivity contribution >= 4 is 6.03 Å². The van der Waals surface area contributed by atoms with E-state index in [1.54, 1.807) is 0 Å². The number of amides is 2. The van der Waals surface area contributed by atoms with Gasteiger partial charge in [-0.2, -0.15) is 0 Å². The maximum atomic E-state index is 11.2. The minimum absolute atomic E-state index is 0.120. The monoisotopic (exact) mass is 190 g/mol. The van der Waals surface area contributed by atoms with Crippen molar-refractivity contribution in [2.45, 2.75) is 12.2 Å². The highest BCUT2D eigenvalue weighted by Crippen LogP contribution is 2.09. The molecule has 13 heavy (non-hydrogen) atoms. The van der Waals surface area contributed by atoms with Crippen LogP contribution in [0, 0.1) is 0 Å². The van der Waals surface area contributed by atoms with Gasteiger partial charge in [0.25, 0.3) is 0 Å². The van der Waals surface area contributed by atoms with Crippen LogP contribution in [0.25, 0.3) is 0 Å². The second kappa shape index (κ2) is 4.40. The highest BCUT2D eigenvalue weighted by atomic mass is 16.3. The number of likely N-dealkylation sites (tertiary alicyclic amines) is 1. The Morgan fingerprint density at radius 1 is 1.38 bits per heavy atom. The fourth-order valence-electron chi connectivity index (χ4n) is 1.21. The van der Waals surface area contributed by atoms with E-state index in [1.807, 2.05) is 0 Å². The molecular weight excluding hydrogens is 176 g/mol. The first-order valence-corrected chi connectivity index (χ1v) is 4.15. The topological polar surface area (TPSA) is 93.0 Å². The summed E-state index contributed by atoms with van der Waals surface area (Å²) in [7, 11) is 0. The van der Waals surface area contributed by atoms with Crippen molar-refractivity contribution in [3.63, 3.8) is 0 Å². The molecule has 1 aliphatic rings. The van der Waals surface area contributed by atoms with E-state index in [4.69, 9.17) is 15.3 Å². The average molecular weight is 190 g/mol. The summed E-state index contributed by atoms with van der Waals surface area (Å²) < 4.78 is 0. The van der Waals surface area contributed by atoms with Crippen molar-refractivity contribution in [1.82, 2.24) is 10.2 Å². The number of hydrogen-bond donors (Lipinski definition) is 4. The van der Waals surface area contributed by atoms with Gasteiger partial charge in [-0.3, -0.25) is 0 Å². The molecule has 6 heteroatoms. The smallest absolute Gasteiger partial charge is 0.317 e. The summed E-state index contributed by atoms with van der Waals surface area (Å²) in [5, 5.41) is 29.1. The first-order chi connectivity index (χ1) is 6.15. The number of hydrogen-bond acceptors (Lipinski definition) is 4. The Labute approximate surface area is 75.8 Å². The van der Waals surface area contributed by atoms with Gasteiger partial charge in [-0.1, -0.05) is 0 Å². The number of aliphatic hydroxyl groups excluding tert-OH is 3. The molecule has 1 aliphatic heterocycles. The fourth-order valence-corrected chi connectivity index (χ4v) is 1.21. The largest absolute Gasteiger partial charge is 0.395 e. The zero-order valence-corrected chi connectivity index (χ0v) is 7.18. The molecule has 1 saturated heterocycles. The number of nitrogens with one attached hydrogen (secondary N) is 1. The summed E-state index contributed by atoms with van der Waals surface area (Å²) in [4.78, 5) is 12.5. The number of carbonyl (C=O) groups is 1. The van der Waals surface area contributed by atoms with Gasteiger partial charge < -0.3 is 25.5 Å². The standard InChI is InChI=1S/C7H14N2O4/c10-2-1-8-7(13)9-3-5(11)6(12)4-9/h5-6,10-12H,1-4H2,(H,8,13). The molecule has 2 atom stereocenters. The summed E-state index contributed by atoms with van der Waals surface area (Å²) in [6.07, 6.45) is -1.72. The van der Waals surface area contributed by atoms with E-state index in [-0.39, 0.29) is 32.3 Å². The fraction of sp³-hybridized carbons (Fsp3) is 0.857. The molecule has 0 aromatic heterocycles. The van der Waals surface area contributed by atoms with Crippen molar-refractivity contribution < 1.29 is 20.1 Å². The second-order valence-corrected chi connectivity index (χ2v) is 3.00. The second-order valence-electron chi connectivity index (χ2n) is 3.00. The van der Waals surface area contributed by atoms with Gasteiger partial charge in [0.05, 0.1) is 31.9 Å². The molecule has 1 fully saturated rings. The molecule has 0 aromatic rings. The highest BCUT2D eigenvalue weighted by molar-refractivity contribution is 5.74. The quantitative estimate of drug-likeness (QED) is 0.395. The SMILES string of the molecule is O=C(NCCO)N1CC(O)C(O)C1. The van der Waals surface area contributed by atoms with Crippen LogP contribution in [0.3, 0.4) is 0 Å². The number of nitrogens with zero attached hydrogens (tertiary/aromatic N) is 1. The van der Waals surface area contributed by atoms with Crippen LogP contribution >= 0.6 is 0 Å². The molecule has 0 saturated carbocycles. The Hall–Kier alpha value is -0.850. The Kier molecular flexibility index (Phi) is 3.47. The van der Waals surface area contributed by atoms with Crippen molar-refractivity contribution in [2.24, 2.45) is 0 Å². The molecule has 6 nitrogen and oxygen atoms in total. The zero-order valence-electron chi connectivity index (χ0n) is 7.18. The first-order valence-electron chi connectivity index (χ1n) is 4.15. The van der Waals surface area contributed by atoms with Crippen LogP contribution in [0.5, 0.6) is 0 Å². The average Bonchev–Trinajstić information content (AvgIpc) is 2.43. The van der Waals surface area contributed by atoms with Gasteiger partial charge in [0.1, 0.15) is 0 Å². The zero-order chi connectivity index (χ0) is 9.84. The minimum Gasteiger partial charge on any atom is -0.395 e. The normalized spacial score (nSPS) is 27.8. The molecule has 1 rings (SSSR count). The number of rotatable bonds is 2. The van der Waals surface area contributed by atoms with Gasteiger partial charge in [-0.25, -0.2) is 4.79 Å². The summed E-state index contributed by atoms with van der Waals surface area (Å²) in [6, 6.07) is -0.371. The third-order valence-electron chi connectivity index (χ3n) is 1.93. The van der Waals surface area contributed by atoms with E-state index < -0.39 is 12.2 Å². The van der Waals surface area contributed by atoms with Gasteiger partial charge in [0.15, 0.2) is 0 Å². The van der Waals surface area contributed by atoms with Crippen LogP contribution in [0.2, 0.25) is 0 Å². The summed E-state index contributed by atoms with van der Waals surface area (Å²) >= 11 is 0. The van der Waals surface area contributed by atoms with E-state index in [0.29, 0.717) is 0 Å². The third kappa shape index (κ3) is 2.55. The van der Waals surface area contributed by atoms with E-state index >= 15 is 0 Å². The van der Waals surface area contributed by atoms with Gasteiger partial charge in [-0.15, -0.1) is 0 Å². The van der Waals surface area contributed by atoms with Crippen molar-refractivity contribution in [1.29, 1.82) is 0 Å². The van der Waals surface area contributed by atoms with Gasteiger partial charge in [-0.05, 0) is 0 Å². The first kappa shape index (κ1) is 10.2. The molecule has 1 heterocycles. The van der Waals surface area contributed by atoms with Gasteiger partial charge in [0.2, 0.25) is 0 Å². The predicted molar refractivity (Wildman–Crippen MR) is 44.1 cm³/mol. The Bertz CT molecular complexity index is 177. The summed E-state index contributed by atoms with van der Waals surface area (Å²) in [5.41, 5.74) is 0. The van der Waals surface area contributed by atoms with E-state index in [2.05, 4.69) is 5.32 Å². The molecule has 0 radical (unpaired) electrons. The van der Waals surface area contributed by atoms with Crippen LogP contribution in [-0.2, 0) is 0 Å². The lowest BCUT2D eigenvalue weighted by atomic mass is 10.3. The van der Waals surface area contributed by atoms with Crippen molar-refractivity contribution in [2.75, 3.05) is 26.2 Å². The number of urea groups is 1. The lowest BCUT2D eigenvalue weighted by Gasteiger charge is -2.15. The van der Waals surface area contributed by atoms with Crippen LogP contribution in [0.4, 0.5) is 4.79 Å². The Morgan fingerprint density at radius 3 is 2.38 bits per heavy atom. The van der Waals surface area contributed by atoms with E-state index in [1.165, 1.54) is 4.90 Å². The minimum atomic E-state index is -0.861. The molecule has 0 aliphatic carbocycles. The lowest BCUT2D eigenvalue weighted by Crippen LogP contribution is -2.40. The van der Waals surface area contributed by atoms with Crippen LogP contribution in [-0.4, -0.2) is 64.7 Å². The molecule has 0 spiro atoms. The Balaban J connectivity index is 2.33. The molecule has 0 bridgehead atoms.